The molecule has 5 heteroatoms. The Morgan fingerprint density at radius 2 is 2.28 bits per heavy atom. The summed E-state index contributed by atoms with van der Waals surface area (Å²) in [5.74, 6) is 0. The van der Waals surface area contributed by atoms with Gasteiger partial charge in [0.25, 0.3) is 0 Å². The number of nitrogens with zero attached hydrogens (tertiary/aromatic N) is 3. The number of halogens is 1. The van der Waals surface area contributed by atoms with Crippen LogP contribution in [-0.4, -0.2) is 33.6 Å². The van der Waals surface area contributed by atoms with Gasteiger partial charge in [-0.15, -0.1) is 0 Å². The van der Waals surface area contributed by atoms with Gasteiger partial charge in [0.1, 0.15) is 6.29 Å². The highest BCUT2D eigenvalue weighted by atomic mass is 79.9. The van der Waals surface area contributed by atoms with Crippen LogP contribution in [0.2, 0.25) is 0 Å². The topological polar surface area (TPSA) is 38.1 Å². The van der Waals surface area contributed by atoms with Crippen molar-refractivity contribution in [1.82, 2.24) is 14.7 Å². The van der Waals surface area contributed by atoms with Crippen LogP contribution in [0, 0.1) is 0 Å². The molecule has 1 saturated heterocycles. The van der Waals surface area contributed by atoms with Crippen molar-refractivity contribution in [3.05, 3.63) is 15.9 Å². The number of carbonyl (C=O) groups excluding carboxylic acids is 1. The van der Waals surface area contributed by atoms with Gasteiger partial charge in [0.2, 0.25) is 0 Å². The van der Waals surface area contributed by atoms with E-state index in [2.05, 4.69) is 32.9 Å². The van der Waals surface area contributed by atoms with E-state index in [0.29, 0.717) is 0 Å². The van der Waals surface area contributed by atoms with Crippen molar-refractivity contribution >= 4 is 22.2 Å². The maximum atomic E-state index is 11.1. The van der Waals surface area contributed by atoms with E-state index in [0.717, 1.165) is 48.8 Å². The predicted molar refractivity (Wildman–Crippen MR) is 74.4 cm³/mol. The summed E-state index contributed by atoms with van der Waals surface area (Å²) in [5.41, 5.74) is 2.26. The highest BCUT2D eigenvalue weighted by Gasteiger charge is 2.24. The third-order valence-electron chi connectivity index (χ3n) is 3.68. The molecule has 2 rings (SSSR count). The van der Waals surface area contributed by atoms with Crippen molar-refractivity contribution in [1.29, 1.82) is 0 Å². The Kier molecular flexibility index (Phi) is 4.56. The minimum absolute atomic E-state index is 0.0747. The van der Waals surface area contributed by atoms with Gasteiger partial charge >= 0.3 is 0 Å². The number of carbonyl (C=O) groups is 1. The molecule has 0 radical (unpaired) electrons. The zero-order chi connectivity index (χ0) is 13.1. The molecule has 1 aliphatic rings. The highest BCUT2D eigenvalue weighted by Crippen LogP contribution is 2.25. The lowest BCUT2D eigenvalue weighted by Crippen LogP contribution is -2.40. The summed E-state index contributed by atoms with van der Waals surface area (Å²) in [6.45, 7) is 3.90. The number of hydrogen-bond acceptors (Lipinski definition) is 3. The Hall–Kier alpha value is -0.680. The maximum absolute atomic E-state index is 11.1. The molecule has 0 bridgehead atoms. The monoisotopic (exact) mass is 313 g/mol. The summed E-state index contributed by atoms with van der Waals surface area (Å²) >= 11 is 3.63. The van der Waals surface area contributed by atoms with Gasteiger partial charge in [-0.2, -0.15) is 5.10 Å². The first-order valence-electron chi connectivity index (χ1n) is 6.57. The molecule has 0 amide bonds. The second kappa shape index (κ2) is 5.97. The Morgan fingerprint density at radius 1 is 1.50 bits per heavy atom. The van der Waals surface area contributed by atoms with E-state index in [-0.39, 0.29) is 6.04 Å². The molecular weight excluding hydrogens is 294 g/mol. The second-order valence-corrected chi connectivity index (χ2v) is 5.65. The molecule has 18 heavy (non-hydrogen) atoms. The van der Waals surface area contributed by atoms with Crippen LogP contribution in [0.15, 0.2) is 4.47 Å². The number of aryl methyl sites for hydroxylation is 2. The summed E-state index contributed by atoms with van der Waals surface area (Å²) in [6, 6.07) is 0.0747. The van der Waals surface area contributed by atoms with Gasteiger partial charge in [-0.1, -0.05) is 13.3 Å². The highest BCUT2D eigenvalue weighted by molar-refractivity contribution is 9.10. The lowest BCUT2D eigenvalue weighted by atomic mass is 10.0. The van der Waals surface area contributed by atoms with E-state index in [1.165, 1.54) is 12.1 Å². The van der Waals surface area contributed by atoms with Crippen molar-refractivity contribution in [2.24, 2.45) is 7.05 Å². The molecular formula is C13H20BrN3O. The number of rotatable bonds is 4. The molecule has 0 N–H and O–H groups in total. The Bertz CT molecular complexity index is 430. The van der Waals surface area contributed by atoms with Gasteiger partial charge in [-0.05, 0) is 41.7 Å². The molecule has 1 aliphatic heterocycles. The fraction of sp³-hybridized carbons (Fsp3) is 0.692. The molecule has 2 heterocycles. The molecule has 0 saturated carbocycles. The quantitative estimate of drug-likeness (QED) is 0.801. The average Bonchev–Trinajstić information content (AvgIpc) is 2.66. The van der Waals surface area contributed by atoms with Gasteiger partial charge in [-0.25, -0.2) is 0 Å². The largest absolute Gasteiger partial charge is 0.302 e. The predicted octanol–water partition coefficient (Wildman–Crippen LogP) is 2.30. The van der Waals surface area contributed by atoms with Crippen molar-refractivity contribution in [3.8, 4) is 0 Å². The summed E-state index contributed by atoms with van der Waals surface area (Å²) < 4.78 is 3.03. The number of hydrogen-bond donors (Lipinski definition) is 0. The van der Waals surface area contributed by atoms with Gasteiger partial charge in [0.05, 0.1) is 21.9 Å². The molecule has 1 unspecified atom stereocenters. The summed E-state index contributed by atoms with van der Waals surface area (Å²) in [7, 11) is 1.97. The van der Waals surface area contributed by atoms with Crippen LogP contribution in [0.5, 0.6) is 0 Å². The van der Waals surface area contributed by atoms with E-state index in [1.54, 1.807) is 0 Å². The maximum Gasteiger partial charge on any atom is 0.137 e. The van der Waals surface area contributed by atoms with Crippen LogP contribution in [0.4, 0.5) is 0 Å². The normalized spacial score (nSPS) is 21.2. The van der Waals surface area contributed by atoms with E-state index in [1.807, 2.05) is 11.7 Å². The third kappa shape index (κ3) is 2.67. The fourth-order valence-electron chi connectivity index (χ4n) is 2.55. The zero-order valence-corrected chi connectivity index (χ0v) is 12.6. The van der Waals surface area contributed by atoms with Crippen molar-refractivity contribution in [2.75, 3.05) is 6.54 Å². The van der Waals surface area contributed by atoms with Crippen LogP contribution in [0.25, 0.3) is 0 Å². The number of likely N-dealkylation sites (tertiary alicyclic amines) is 1. The molecule has 0 spiro atoms. The molecule has 0 aromatic carbocycles. The van der Waals surface area contributed by atoms with Crippen LogP contribution < -0.4 is 0 Å². The second-order valence-electron chi connectivity index (χ2n) is 4.85. The minimum atomic E-state index is 0.0747. The third-order valence-corrected chi connectivity index (χ3v) is 4.59. The number of piperidine rings is 1. The Labute approximate surface area is 116 Å². The van der Waals surface area contributed by atoms with Gasteiger partial charge in [0.15, 0.2) is 0 Å². The fourth-order valence-corrected chi connectivity index (χ4v) is 3.29. The van der Waals surface area contributed by atoms with Crippen LogP contribution >= 0.6 is 15.9 Å². The number of aromatic nitrogens is 2. The SMILES string of the molecule is CCc1nn(C)c(CN2CCCCC2C=O)c1Br. The molecule has 1 aromatic heterocycles. The van der Waals surface area contributed by atoms with E-state index in [4.69, 9.17) is 0 Å². The molecule has 1 atom stereocenters. The van der Waals surface area contributed by atoms with Crippen LogP contribution in [0.1, 0.15) is 37.6 Å². The molecule has 100 valence electrons. The van der Waals surface area contributed by atoms with Gasteiger partial charge < -0.3 is 4.79 Å². The van der Waals surface area contributed by atoms with Gasteiger partial charge in [-0.3, -0.25) is 9.58 Å². The van der Waals surface area contributed by atoms with Crippen LogP contribution in [-0.2, 0) is 24.8 Å². The van der Waals surface area contributed by atoms with E-state index in [9.17, 15) is 4.79 Å². The van der Waals surface area contributed by atoms with Crippen molar-refractivity contribution < 1.29 is 4.79 Å². The summed E-state index contributed by atoms with van der Waals surface area (Å²) in [6.07, 6.45) is 5.34. The first-order chi connectivity index (χ1) is 8.67. The average molecular weight is 314 g/mol. The lowest BCUT2D eigenvalue weighted by molar-refractivity contribution is -0.113. The molecule has 1 aromatic rings. The van der Waals surface area contributed by atoms with Crippen LogP contribution in [0.3, 0.4) is 0 Å². The molecule has 1 fully saturated rings. The number of aldehydes is 1. The van der Waals surface area contributed by atoms with Gasteiger partial charge in [0, 0.05) is 13.6 Å². The van der Waals surface area contributed by atoms with Crippen molar-refractivity contribution in [3.63, 3.8) is 0 Å². The first kappa shape index (κ1) is 13.7. The standard InChI is InChI=1S/C13H20BrN3O/c1-3-11-13(14)12(16(2)15-11)8-17-7-5-4-6-10(17)9-18/h9-10H,3-8H2,1-2H3. The van der Waals surface area contributed by atoms with E-state index >= 15 is 0 Å². The Balaban J connectivity index is 2.17. The summed E-state index contributed by atoms with van der Waals surface area (Å²) in [4.78, 5) is 13.4. The van der Waals surface area contributed by atoms with E-state index < -0.39 is 0 Å². The lowest BCUT2D eigenvalue weighted by Gasteiger charge is -2.32. The minimum Gasteiger partial charge on any atom is -0.302 e. The smallest absolute Gasteiger partial charge is 0.137 e. The zero-order valence-electron chi connectivity index (χ0n) is 11.0. The van der Waals surface area contributed by atoms with Crippen molar-refractivity contribution in [2.45, 2.75) is 45.2 Å². The molecule has 4 nitrogen and oxygen atoms in total. The Morgan fingerprint density at radius 3 is 2.89 bits per heavy atom. The first-order valence-corrected chi connectivity index (χ1v) is 7.36. The molecule has 0 aliphatic carbocycles. The summed E-state index contributed by atoms with van der Waals surface area (Å²) in [5, 5.41) is 4.50.